The first-order valence-electron chi connectivity index (χ1n) is 7.89. The lowest BCUT2D eigenvalue weighted by molar-refractivity contribution is -0.139. The Bertz CT molecular complexity index is 589. The number of likely N-dealkylation sites (N-methyl/N-ethyl adjacent to an activating group) is 1. The van der Waals surface area contributed by atoms with Gasteiger partial charge in [0.15, 0.2) is 0 Å². The molecule has 126 valence electrons. The van der Waals surface area contributed by atoms with E-state index in [1.807, 2.05) is 6.92 Å². The van der Waals surface area contributed by atoms with Gasteiger partial charge in [0.2, 0.25) is 11.8 Å². The fourth-order valence-corrected chi connectivity index (χ4v) is 3.09. The predicted molar refractivity (Wildman–Crippen MR) is 87.2 cm³/mol. The van der Waals surface area contributed by atoms with Crippen LogP contribution < -0.4 is 11.1 Å². The van der Waals surface area contributed by atoms with Crippen molar-refractivity contribution in [2.75, 3.05) is 18.9 Å². The van der Waals surface area contributed by atoms with Crippen LogP contribution in [0.4, 0.5) is 10.1 Å². The highest BCUT2D eigenvalue weighted by Crippen LogP contribution is 2.32. The van der Waals surface area contributed by atoms with Crippen molar-refractivity contribution in [2.24, 2.45) is 11.7 Å². The molecule has 2 rings (SSSR count). The second kappa shape index (κ2) is 7.08. The Balaban J connectivity index is 1.93. The molecule has 1 saturated carbocycles. The Morgan fingerprint density at radius 1 is 1.43 bits per heavy atom. The molecule has 0 heterocycles. The molecule has 0 radical (unpaired) electrons. The molecule has 6 heteroatoms. The maximum Gasteiger partial charge on any atom is 0.243 e. The van der Waals surface area contributed by atoms with Gasteiger partial charge in [0.25, 0.3) is 0 Å². The number of nitrogens with two attached hydrogens (primary N) is 1. The summed E-state index contributed by atoms with van der Waals surface area (Å²) >= 11 is 0. The van der Waals surface area contributed by atoms with Crippen LogP contribution in [0.5, 0.6) is 0 Å². The second-order valence-electron chi connectivity index (χ2n) is 6.56. The quantitative estimate of drug-likeness (QED) is 0.892. The monoisotopic (exact) mass is 321 g/mol. The van der Waals surface area contributed by atoms with E-state index in [9.17, 15) is 14.0 Å². The lowest BCUT2D eigenvalue weighted by Gasteiger charge is -2.39. The van der Waals surface area contributed by atoms with E-state index in [1.165, 1.54) is 23.1 Å². The number of rotatable bonds is 4. The maximum atomic E-state index is 13.1. The van der Waals surface area contributed by atoms with Gasteiger partial charge in [-0.3, -0.25) is 9.59 Å². The smallest absolute Gasteiger partial charge is 0.243 e. The Hall–Kier alpha value is -1.95. The van der Waals surface area contributed by atoms with Crippen molar-refractivity contribution in [3.8, 4) is 0 Å². The lowest BCUT2D eigenvalue weighted by Crippen LogP contribution is -2.53. The first-order chi connectivity index (χ1) is 10.8. The van der Waals surface area contributed by atoms with E-state index < -0.39 is 11.4 Å². The van der Waals surface area contributed by atoms with Crippen LogP contribution in [0.1, 0.15) is 32.6 Å². The van der Waals surface area contributed by atoms with Crippen LogP contribution in [-0.2, 0) is 9.59 Å². The van der Waals surface area contributed by atoms with Gasteiger partial charge in [-0.15, -0.1) is 0 Å². The number of hydrogen-bond donors (Lipinski definition) is 2. The van der Waals surface area contributed by atoms with Crippen LogP contribution in [0, 0.1) is 11.7 Å². The molecule has 1 aliphatic rings. The fourth-order valence-electron chi connectivity index (χ4n) is 3.09. The van der Waals surface area contributed by atoms with Crippen LogP contribution in [-0.4, -0.2) is 35.8 Å². The summed E-state index contributed by atoms with van der Waals surface area (Å²) in [5.41, 5.74) is 6.09. The summed E-state index contributed by atoms with van der Waals surface area (Å²) in [5.74, 6) is -1.15. The van der Waals surface area contributed by atoms with Crippen molar-refractivity contribution in [2.45, 2.75) is 38.1 Å². The number of carbonyl (C=O) groups excluding carboxylic acids is 2. The zero-order chi connectivity index (χ0) is 17.0. The molecule has 0 spiro atoms. The molecule has 1 fully saturated rings. The number of carbonyl (C=O) groups is 2. The molecule has 0 aromatic heterocycles. The average molecular weight is 321 g/mol. The highest BCUT2D eigenvalue weighted by Gasteiger charge is 2.39. The van der Waals surface area contributed by atoms with Crippen molar-refractivity contribution < 1.29 is 14.0 Å². The van der Waals surface area contributed by atoms with Gasteiger partial charge in [0.1, 0.15) is 5.82 Å². The van der Waals surface area contributed by atoms with Gasteiger partial charge < -0.3 is 16.0 Å². The first-order valence-corrected chi connectivity index (χ1v) is 7.89. The third kappa shape index (κ3) is 4.51. The number of halogens is 1. The van der Waals surface area contributed by atoms with Crippen molar-refractivity contribution in [3.05, 3.63) is 30.1 Å². The van der Waals surface area contributed by atoms with Crippen molar-refractivity contribution >= 4 is 17.5 Å². The molecule has 2 amide bonds. The molecule has 1 aliphatic carbocycles. The molecule has 2 atom stereocenters. The zero-order valence-electron chi connectivity index (χ0n) is 13.6. The molecule has 2 unspecified atom stereocenters. The third-order valence-corrected chi connectivity index (χ3v) is 4.42. The number of nitrogens with one attached hydrogen (secondary N) is 1. The summed E-state index contributed by atoms with van der Waals surface area (Å²) in [7, 11) is 1.60. The third-order valence-electron chi connectivity index (χ3n) is 4.42. The number of nitrogens with zero attached hydrogens (tertiary/aromatic N) is 1. The molecule has 1 aromatic rings. The van der Waals surface area contributed by atoms with E-state index in [-0.39, 0.29) is 24.3 Å². The van der Waals surface area contributed by atoms with Crippen molar-refractivity contribution in [1.29, 1.82) is 0 Å². The van der Waals surface area contributed by atoms with Gasteiger partial charge in [0, 0.05) is 18.3 Å². The van der Waals surface area contributed by atoms with Gasteiger partial charge >= 0.3 is 0 Å². The minimum Gasteiger partial charge on any atom is -0.336 e. The van der Waals surface area contributed by atoms with E-state index in [2.05, 4.69) is 5.32 Å². The summed E-state index contributed by atoms with van der Waals surface area (Å²) in [4.78, 5) is 26.0. The Morgan fingerprint density at radius 2 is 2.17 bits per heavy atom. The first kappa shape index (κ1) is 17.4. The van der Waals surface area contributed by atoms with E-state index >= 15 is 0 Å². The van der Waals surface area contributed by atoms with Crippen LogP contribution in [0.15, 0.2) is 24.3 Å². The largest absolute Gasteiger partial charge is 0.336 e. The molecular formula is C17H24FN3O2. The Morgan fingerprint density at radius 3 is 2.83 bits per heavy atom. The van der Waals surface area contributed by atoms with Crippen molar-refractivity contribution in [1.82, 2.24) is 4.90 Å². The summed E-state index contributed by atoms with van der Waals surface area (Å²) in [6.45, 7) is 1.82. The standard InChI is InChI=1S/C17H24FN3O2/c1-17(19)9-4-3-8-14(17)16(23)21(2)11-15(22)20-13-7-5-6-12(18)10-13/h5-7,10,14H,3-4,8-9,11,19H2,1-2H3,(H,20,22). The number of amides is 2. The van der Waals surface area contributed by atoms with Crippen LogP contribution >= 0.6 is 0 Å². The molecular weight excluding hydrogens is 297 g/mol. The normalized spacial score (nSPS) is 24.1. The van der Waals surface area contributed by atoms with Crippen molar-refractivity contribution in [3.63, 3.8) is 0 Å². The SMILES string of the molecule is CN(CC(=O)Nc1cccc(F)c1)C(=O)C1CCCCC1(C)N. The maximum absolute atomic E-state index is 13.1. The zero-order valence-corrected chi connectivity index (χ0v) is 13.6. The number of hydrogen-bond acceptors (Lipinski definition) is 3. The number of anilines is 1. The minimum absolute atomic E-state index is 0.0814. The van der Waals surface area contributed by atoms with E-state index in [4.69, 9.17) is 5.73 Å². The predicted octanol–water partition coefficient (Wildman–Crippen LogP) is 2.13. The summed E-state index contributed by atoms with van der Waals surface area (Å²) in [6, 6.07) is 5.65. The highest BCUT2D eigenvalue weighted by molar-refractivity contribution is 5.94. The average Bonchev–Trinajstić information content (AvgIpc) is 2.45. The van der Waals surface area contributed by atoms with Gasteiger partial charge in [0.05, 0.1) is 12.5 Å². The second-order valence-corrected chi connectivity index (χ2v) is 6.56. The Labute approximate surface area is 136 Å². The summed E-state index contributed by atoms with van der Waals surface area (Å²) < 4.78 is 13.1. The molecule has 3 N–H and O–H groups in total. The summed E-state index contributed by atoms with van der Waals surface area (Å²) in [5, 5.41) is 2.59. The minimum atomic E-state index is -0.525. The van der Waals surface area contributed by atoms with E-state index in [0.717, 1.165) is 25.7 Å². The van der Waals surface area contributed by atoms with Gasteiger partial charge in [-0.25, -0.2) is 4.39 Å². The molecule has 0 saturated heterocycles. The highest BCUT2D eigenvalue weighted by atomic mass is 19.1. The fraction of sp³-hybridized carbons (Fsp3) is 0.529. The van der Waals surface area contributed by atoms with Crippen LogP contribution in [0.25, 0.3) is 0 Å². The Kier molecular flexibility index (Phi) is 5.36. The number of benzene rings is 1. The van der Waals surface area contributed by atoms with E-state index in [1.54, 1.807) is 13.1 Å². The van der Waals surface area contributed by atoms with Gasteiger partial charge in [-0.1, -0.05) is 18.9 Å². The van der Waals surface area contributed by atoms with Crippen LogP contribution in [0.2, 0.25) is 0 Å². The molecule has 0 aliphatic heterocycles. The van der Waals surface area contributed by atoms with E-state index in [0.29, 0.717) is 5.69 Å². The molecule has 0 bridgehead atoms. The lowest BCUT2D eigenvalue weighted by atomic mass is 9.74. The molecule has 5 nitrogen and oxygen atoms in total. The van der Waals surface area contributed by atoms with Gasteiger partial charge in [-0.2, -0.15) is 0 Å². The van der Waals surface area contributed by atoms with Gasteiger partial charge in [-0.05, 0) is 38.0 Å². The summed E-state index contributed by atoms with van der Waals surface area (Å²) in [6.07, 6.45) is 3.57. The molecule has 1 aromatic carbocycles. The topological polar surface area (TPSA) is 75.4 Å². The van der Waals surface area contributed by atoms with Crippen LogP contribution in [0.3, 0.4) is 0 Å². The molecule has 23 heavy (non-hydrogen) atoms.